The molecule has 2 aliphatic heterocycles. The fourth-order valence-corrected chi connectivity index (χ4v) is 2.66. The Morgan fingerprint density at radius 3 is 2.53 bits per heavy atom. The Morgan fingerprint density at radius 1 is 1.53 bits per heavy atom. The van der Waals surface area contributed by atoms with Crippen molar-refractivity contribution in [2.45, 2.75) is 32.2 Å². The van der Waals surface area contributed by atoms with Crippen molar-refractivity contribution in [3.8, 4) is 0 Å². The van der Waals surface area contributed by atoms with Crippen LogP contribution in [0.5, 0.6) is 0 Å². The first-order valence-corrected chi connectivity index (χ1v) is 5.32. The normalized spacial score (nSPS) is 29.3. The molecule has 0 aromatic heterocycles. The number of nitrogens with zero attached hydrogens (tertiary/aromatic N) is 1. The van der Waals surface area contributed by atoms with E-state index < -0.39 is 6.09 Å². The molecule has 0 aliphatic carbocycles. The first-order chi connectivity index (χ1) is 7.03. The van der Waals surface area contributed by atoms with E-state index >= 15 is 0 Å². The van der Waals surface area contributed by atoms with Crippen molar-refractivity contribution in [3.05, 3.63) is 0 Å². The number of carbonyl (C=O) groups excluding carboxylic acids is 1. The van der Waals surface area contributed by atoms with Crippen LogP contribution in [-0.4, -0.2) is 41.1 Å². The third-order valence-electron chi connectivity index (χ3n) is 3.55. The molecule has 2 fully saturated rings. The molecule has 15 heavy (non-hydrogen) atoms. The maximum Gasteiger partial charge on any atom is 0.407 e. The maximum absolute atomic E-state index is 11.8. The molecular formula is C10H16N2O3. The Balaban J connectivity index is 2.03. The van der Waals surface area contributed by atoms with Gasteiger partial charge in [0.05, 0.1) is 5.41 Å². The van der Waals surface area contributed by atoms with E-state index in [1.165, 1.54) is 4.90 Å². The van der Waals surface area contributed by atoms with E-state index in [-0.39, 0.29) is 17.4 Å². The van der Waals surface area contributed by atoms with Gasteiger partial charge in [0.2, 0.25) is 5.91 Å². The molecule has 2 N–H and O–H groups in total. The van der Waals surface area contributed by atoms with E-state index in [9.17, 15) is 9.59 Å². The van der Waals surface area contributed by atoms with E-state index in [1.54, 1.807) is 0 Å². The summed E-state index contributed by atoms with van der Waals surface area (Å²) in [4.78, 5) is 23.9. The van der Waals surface area contributed by atoms with E-state index in [1.807, 2.05) is 6.92 Å². The largest absolute Gasteiger partial charge is 0.465 e. The van der Waals surface area contributed by atoms with Crippen molar-refractivity contribution in [1.82, 2.24) is 10.2 Å². The first kappa shape index (κ1) is 10.3. The summed E-state index contributed by atoms with van der Waals surface area (Å²) >= 11 is 0. The van der Waals surface area contributed by atoms with Gasteiger partial charge in [-0.3, -0.25) is 4.79 Å². The highest BCUT2D eigenvalue weighted by atomic mass is 16.4. The molecule has 2 saturated heterocycles. The molecule has 0 unspecified atom stereocenters. The molecule has 1 atom stereocenters. The zero-order valence-electron chi connectivity index (χ0n) is 8.82. The molecule has 84 valence electrons. The van der Waals surface area contributed by atoms with Crippen LogP contribution in [0, 0.1) is 5.41 Å². The average molecular weight is 212 g/mol. The van der Waals surface area contributed by atoms with Gasteiger partial charge in [-0.1, -0.05) is 0 Å². The minimum Gasteiger partial charge on any atom is -0.465 e. The minimum atomic E-state index is -0.878. The zero-order valence-corrected chi connectivity index (χ0v) is 8.82. The molecule has 0 bridgehead atoms. The van der Waals surface area contributed by atoms with Gasteiger partial charge in [-0.2, -0.15) is 0 Å². The third kappa shape index (κ3) is 1.66. The second-order valence-electron chi connectivity index (χ2n) is 4.63. The molecule has 5 heteroatoms. The van der Waals surface area contributed by atoms with Crippen LogP contribution in [0.1, 0.15) is 26.2 Å². The lowest BCUT2D eigenvalue weighted by atomic mass is 9.76. The number of piperidine rings is 1. The molecule has 0 saturated carbocycles. The SMILES string of the molecule is C[C@H]1CC2(CCN(C(=O)O)CC2)C(=O)N1. The molecule has 2 amide bonds. The standard InChI is InChI=1S/C10H16N2O3/c1-7-6-10(8(13)11-7)2-4-12(5-3-10)9(14)15/h7H,2-6H2,1H3,(H,11,13)(H,14,15)/t7-/m0/s1. The number of hydrogen-bond donors (Lipinski definition) is 2. The number of likely N-dealkylation sites (tertiary alicyclic amines) is 1. The van der Waals surface area contributed by atoms with Crippen LogP contribution in [0.25, 0.3) is 0 Å². The summed E-state index contributed by atoms with van der Waals surface area (Å²) in [6, 6.07) is 0.230. The van der Waals surface area contributed by atoms with Crippen LogP contribution in [0.2, 0.25) is 0 Å². The van der Waals surface area contributed by atoms with Crippen LogP contribution in [-0.2, 0) is 4.79 Å². The van der Waals surface area contributed by atoms with Gasteiger partial charge in [-0.25, -0.2) is 4.79 Å². The van der Waals surface area contributed by atoms with Crippen molar-refractivity contribution in [3.63, 3.8) is 0 Å². The smallest absolute Gasteiger partial charge is 0.407 e. The average Bonchev–Trinajstić information content (AvgIpc) is 2.42. The predicted molar refractivity (Wildman–Crippen MR) is 53.5 cm³/mol. The van der Waals surface area contributed by atoms with Gasteiger partial charge < -0.3 is 15.3 Å². The molecule has 2 heterocycles. The number of nitrogens with one attached hydrogen (secondary N) is 1. The topological polar surface area (TPSA) is 69.6 Å². The van der Waals surface area contributed by atoms with Crippen molar-refractivity contribution >= 4 is 12.0 Å². The number of rotatable bonds is 0. The van der Waals surface area contributed by atoms with Gasteiger partial charge in [0.1, 0.15) is 0 Å². The summed E-state index contributed by atoms with van der Waals surface area (Å²) < 4.78 is 0. The molecular weight excluding hydrogens is 196 g/mol. The van der Waals surface area contributed by atoms with Crippen molar-refractivity contribution in [2.24, 2.45) is 5.41 Å². The van der Waals surface area contributed by atoms with Crippen molar-refractivity contribution in [1.29, 1.82) is 0 Å². The number of carbonyl (C=O) groups is 2. The van der Waals surface area contributed by atoms with Crippen molar-refractivity contribution in [2.75, 3.05) is 13.1 Å². The van der Waals surface area contributed by atoms with Gasteiger partial charge in [-0.05, 0) is 26.2 Å². The van der Waals surface area contributed by atoms with Gasteiger partial charge in [-0.15, -0.1) is 0 Å². The van der Waals surface area contributed by atoms with Gasteiger partial charge in [0, 0.05) is 19.1 Å². The van der Waals surface area contributed by atoms with E-state index in [4.69, 9.17) is 5.11 Å². The van der Waals surface area contributed by atoms with E-state index in [0.29, 0.717) is 25.9 Å². The van der Waals surface area contributed by atoms with Gasteiger partial charge in [0.25, 0.3) is 0 Å². The number of hydrogen-bond acceptors (Lipinski definition) is 2. The second kappa shape index (κ2) is 3.40. The van der Waals surface area contributed by atoms with Crippen LogP contribution in [0.3, 0.4) is 0 Å². The summed E-state index contributed by atoms with van der Waals surface area (Å²) in [5, 5.41) is 11.7. The predicted octanol–water partition coefficient (Wildman–Crippen LogP) is 0.655. The maximum atomic E-state index is 11.8. The quantitative estimate of drug-likeness (QED) is 0.619. The Labute approximate surface area is 88.4 Å². The lowest BCUT2D eigenvalue weighted by molar-refractivity contribution is -0.129. The fourth-order valence-electron chi connectivity index (χ4n) is 2.66. The molecule has 0 radical (unpaired) electrons. The van der Waals surface area contributed by atoms with Crippen LogP contribution in [0.4, 0.5) is 4.79 Å². The highest BCUT2D eigenvalue weighted by Crippen LogP contribution is 2.40. The summed E-state index contributed by atoms with van der Waals surface area (Å²) in [6.07, 6.45) is 1.29. The monoisotopic (exact) mass is 212 g/mol. The molecule has 2 rings (SSSR count). The minimum absolute atomic E-state index is 0.111. The number of amides is 2. The van der Waals surface area contributed by atoms with Gasteiger partial charge >= 0.3 is 6.09 Å². The van der Waals surface area contributed by atoms with Gasteiger partial charge in [0.15, 0.2) is 0 Å². The summed E-state index contributed by atoms with van der Waals surface area (Å²) in [7, 11) is 0. The number of carboxylic acid groups (broad SMARTS) is 1. The molecule has 2 aliphatic rings. The summed E-state index contributed by atoms with van der Waals surface area (Å²) in [5.41, 5.74) is -0.286. The Morgan fingerprint density at radius 2 is 2.13 bits per heavy atom. The molecule has 0 aromatic carbocycles. The third-order valence-corrected chi connectivity index (χ3v) is 3.55. The zero-order chi connectivity index (χ0) is 11.1. The Bertz CT molecular complexity index is 295. The highest BCUT2D eigenvalue weighted by Gasteiger charge is 2.47. The second-order valence-corrected chi connectivity index (χ2v) is 4.63. The Kier molecular flexibility index (Phi) is 2.32. The summed E-state index contributed by atoms with van der Waals surface area (Å²) in [5.74, 6) is 0.111. The molecule has 1 spiro atoms. The van der Waals surface area contributed by atoms with Crippen LogP contribution >= 0.6 is 0 Å². The Hall–Kier alpha value is -1.26. The first-order valence-electron chi connectivity index (χ1n) is 5.32. The van der Waals surface area contributed by atoms with E-state index in [2.05, 4.69) is 5.32 Å². The van der Waals surface area contributed by atoms with Crippen molar-refractivity contribution < 1.29 is 14.7 Å². The summed E-state index contributed by atoms with van der Waals surface area (Å²) in [6.45, 7) is 2.96. The fraction of sp³-hybridized carbons (Fsp3) is 0.800. The highest BCUT2D eigenvalue weighted by molar-refractivity contribution is 5.85. The molecule has 5 nitrogen and oxygen atoms in total. The lowest BCUT2D eigenvalue weighted by Crippen LogP contribution is -2.45. The lowest BCUT2D eigenvalue weighted by Gasteiger charge is -2.35. The van der Waals surface area contributed by atoms with Crippen LogP contribution in [0.15, 0.2) is 0 Å². The van der Waals surface area contributed by atoms with E-state index in [0.717, 1.165) is 6.42 Å². The van der Waals surface area contributed by atoms with Crippen LogP contribution < -0.4 is 5.32 Å². The molecule has 0 aromatic rings.